The fourth-order valence-electron chi connectivity index (χ4n) is 4.19. The fourth-order valence-corrected chi connectivity index (χ4v) is 4.82. The first-order valence-corrected chi connectivity index (χ1v) is 11.8. The van der Waals surface area contributed by atoms with Gasteiger partial charge >= 0.3 is 0 Å². The molecule has 3 rings (SSSR count). The highest BCUT2D eigenvalue weighted by atomic mass is 32.1. The molecule has 1 aliphatic heterocycles. The van der Waals surface area contributed by atoms with Crippen LogP contribution in [0.4, 0.5) is 0 Å². The molecular weight excluding hydrogens is 392 g/mol. The molecule has 0 unspecified atom stereocenters. The van der Waals surface area contributed by atoms with Crippen LogP contribution in [0.5, 0.6) is 0 Å². The van der Waals surface area contributed by atoms with Crippen molar-refractivity contribution < 1.29 is 9.59 Å². The molecule has 2 amide bonds. The zero-order valence-corrected chi connectivity index (χ0v) is 19.7. The highest BCUT2D eigenvalue weighted by Crippen LogP contribution is 2.27. The van der Waals surface area contributed by atoms with Crippen LogP contribution < -0.4 is 5.32 Å². The summed E-state index contributed by atoms with van der Waals surface area (Å²) in [6, 6.07) is 6.43. The minimum atomic E-state index is 0.00184. The molecule has 1 fully saturated rings. The van der Waals surface area contributed by atoms with Crippen LogP contribution in [0, 0.1) is 19.8 Å². The molecule has 1 aromatic carbocycles. The predicted octanol–water partition coefficient (Wildman–Crippen LogP) is 4.87. The Hall–Kier alpha value is -2.14. The molecule has 0 aliphatic carbocycles. The molecule has 1 N–H and O–H groups in total. The molecule has 0 spiro atoms. The van der Waals surface area contributed by atoms with Crippen LogP contribution in [0.2, 0.25) is 0 Å². The second kappa shape index (κ2) is 9.34. The second-order valence-electron chi connectivity index (χ2n) is 9.46. The molecule has 0 atom stereocenters. The Balaban J connectivity index is 1.48. The molecule has 4 nitrogen and oxygen atoms in total. The molecule has 2 heterocycles. The molecule has 2 aromatic rings. The third-order valence-electron chi connectivity index (χ3n) is 6.16. The normalized spacial score (nSPS) is 15.3. The fraction of sp³-hybridized carbons (Fsp3) is 0.520. The molecule has 0 bridgehead atoms. The summed E-state index contributed by atoms with van der Waals surface area (Å²) in [4.78, 5) is 27.0. The highest BCUT2D eigenvalue weighted by molar-refractivity contribution is 7.08. The summed E-state index contributed by atoms with van der Waals surface area (Å²) in [5.74, 6) is 0.209. The number of rotatable bonds is 5. The molecule has 1 aromatic heterocycles. The van der Waals surface area contributed by atoms with Crippen molar-refractivity contribution in [1.82, 2.24) is 10.2 Å². The van der Waals surface area contributed by atoms with Gasteiger partial charge in [-0.15, -0.1) is 0 Å². The number of hydrogen-bond acceptors (Lipinski definition) is 3. The Morgan fingerprint density at radius 2 is 1.77 bits per heavy atom. The lowest BCUT2D eigenvalue weighted by Gasteiger charge is -2.31. The quantitative estimate of drug-likeness (QED) is 0.741. The van der Waals surface area contributed by atoms with Gasteiger partial charge in [0.05, 0.1) is 5.56 Å². The maximum Gasteiger partial charge on any atom is 0.254 e. The van der Waals surface area contributed by atoms with E-state index in [2.05, 4.69) is 52.1 Å². The van der Waals surface area contributed by atoms with Crippen molar-refractivity contribution in [2.24, 2.45) is 5.92 Å². The standard InChI is InChI=1S/C25H34N2O2S/c1-17-14-21(25(3,4)5)15-18(2)22(17)6-10-26-23(28)19-7-11-27(12-8-19)24(29)20-9-13-30-16-20/h9,13-16,19H,6-8,10-12H2,1-5H3,(H,26,28). The minimum Gasteiger partial charge on any atom is -0.356 e. The Kier molecular flexibility index (Phi) is 7.02. The lowest BCUT2D eigenvalue weighted by Crippen LogP contribution is -2.43. The van der Waals surface area contributed by atoms with Gasteiger partial charge in [0.1, 0.15) is 0 Å². The maximum absolute atomic E-state index is 12.6. The Morgan fingerprint density at radius 3 is 2.30 bits per heavy atom. The van der Waals surface area contributed by atoms with Crippen LogP contribution in [-0.4, -0.2) is 36.3 Å². The van der Waals surface area contributed by atoms with Crippen molar-refractivity contribution in [3.63, 3.8) is 0 Å². The van der Waals surface area contributed by atoms with Crippen molar-refractivity contribution in [1.29, 1.82) is 0 Å². The Bertz CT molecular complexity index is 865. The second-order valence-corrected chi connectivity index (χ2v) is 10.2. The molecular formula is C25H34N2O2S. The zero-order chi connectivity index (χ0) is 21.9. The molecule has 0 saturated carbocycles. The third-order valence-corrected chi connectivity index (χ3v) is 6.84. The molecule has 1 saturated heterocycles. The first-order valence-electron chi connectivity index (χ1n) is 10.9. The van der Waals surface area contributed by atoms with Gasteiger partial charge < -0.3 is 10.2 Å². The van der Waals surface area contributed by atoms with Gasteiger partial charge in [-0.3, -0.25) is 9.59 Å². The van der Waals surface area contributed by atoms with E-state index in [1.807, 2.05) is 21.7 Å². The number of aryl methyl sites for hydroxylation is 2. The number of carbonyl (C=O) groups excluding carboxylic acids is 2. The van der Waals surface area contributed by atoms with E-state index in [-0.39, 0.29) is 23.1 Å². The summed E-state index contributed by atoms with van der Waals surface area (Å²) in [5.41, 5.74) is 6.19. The Morgan fingerprint density at radius 1 is 1.13 bits per heavy atom. The van der Waals surface area contributed by atoms with Gasteiger partial charge in [-0.2, -0.15) is 11.3 Å². The number of piperidine rings is 1. The van der Waals surface area contributed by atoms with E-state index in [0.717, 1.165) is 24.8 Å². The van der Waals surface area contributed by atoms with E-state index in [9.17, 15) is 9.59 Å². The van der Waals surface area contributed by atoms with Crippen LogP contribution in [0.3, 0.4) is 0 Å². The number of amides is 2. The van der Waals surface area contributed by atoms with Crippen molar-refractivity contribution in [2.45, 2.75) is 59.3 Å². The SMILES string of the molecule is Cc1cc(C(C)(C)C)cc(C)c1CCNC(=O)C1CCN(C(=O)c2ccsc2)CC1. The first-order chi connectivity index (χ1) is 14.2. The van der Waals surface area contributed by atoms with Gasteiger partial charge in [-0.1, -0.05) is 32.9 Å². The lowest BCUT2D eigenvalue weighted by molar-refractivity contribution is -0.126. The van der Waals surface area contributed by atoms with E-state index in [1.165, 1.54) is 33.6 Å². The number of nitrogens with zero attached hydrogens (tertiary/aromatic N) is 1. The number of likely N-dealkylation sites (tertiary alicyclic amines) is 1. The highest BCUT2D eigenvalue weighted by Gasteiger charge is 2.27. The van der Waals surface area contributed by atoms with Crippen LogP contribution in [0.25, 0.3) is 0 Å². The maximum atomic E-state index is 12.6. The summed E-state index contributed by atoms with van der Waals surface area (Å²) in [6.45, 7) is 13.0. The van der Waals surface area contributed by atoms with E-state index >= 15 is 0 Å². The minimum absolute atomic E-state index is 0.00184. The number of carbonyl (C=O) groups is 2. The van der Waals surface area contributed by atoms with Crippen LogP contribution in [0.15, 0.2) is 29.0 Å². The van der Waals surface area contributed by atoms with E-state index < -0.39 is 0 Å². The van der Waals surface area contributed by atoms with Gasteiger partial charge in [0.2, 0.25) is 5.91 Å². The molecule has 1 aliphatic rings. The van der Waals surface area contributed by atoms with Crippen molar-refractivity contribution >= 4 is 23.2 Å². The molecule has 0 radical (unpaired) electrons. The first kappa shape index (κ1) is 22.5. The predicted molar refractivity (Wildman–Crippen MR) is 124 cm³/mol. The summed E-state index contributed by atoms with van der Waals surface area (Å²) < 4.78 is 0. The molecule has 30 heavy (non-hydrogen) atoms. The van der Waals surface area contributed by atoms with Gasteiger partial charge in [0.25, 0.3) is 5.91 Å². The van der Waals surface area contributed by atoms with Crippen molar-refractivity contribution in [2.75, 3.05) is 19.6 Å². The summed E-state index contributed by atoms with van der Waals surface area (Å²) >= 11 is 1.54. The average molecular weight is 427 g/mol. The monoisotopic (exact) mass is 426 g/mol. The van der Waals surface area contributed by atoms with Crippen LogP contribution in [0.1, 0.15) is 66.2 Å². The van der Waals surface area contributed by atoms with Crippen molar-refractivity contribution in [3.8, 4) is 0 Å². The van der Waals surface area contributed by atoms with E-state index in [4.69, 9.17) is 0 Å². The number of nitrogens with one attached hydrogen (secondary N) is 1. The number of thiophene rings is 1. The smallest absolute Gasteiger partial charge is 0.254 e. The van der Waals surface area contributed by atoms with E-state index in [0.29, 0.717) is 19.6 Å². The van der Waals surface area contributed by atoms with Gasteiger partial charge in [-0.05, 0) is 72.2 Å². The summed E-state index contributed by atoms with van der Waals surface area (Å²) in [7, 11) is 0. The van der Waals surface area contributed by atoms with Crippen LogP contribution in [-0.2, 0) is 16.6 Å². The zero-order valence-electron chi connectivity index (χ0n) is 18.9. The van der Waals surface area contributed by atoms with Crippen molar-refractivity contribution in [3.05, 3.63) is 56.8 Å². The number of hydrogen-bond donors (Lipinski definition) is 1. The van der Waals surface area contributed by atoms with Gasteiger partial charge in [0, 0.05) is 30.9 Å². The third kappa shape index (κ3) is 5.31. The molecule has 162 valence electrons. The average Bonchev–Trinajstić information content (AvgIpc) is 3.23. The Labute approximate surface area is 184 Å². The topological polar surface area (TPSA) is 49.4 Å². The van der Waals surface area contributed by atoms with E-state index in [1.54, 1.807) is 0 Å². The lowest BCUT2D eigenvalue weighted by atomic mass is 9.83. The van der Waals surface area contributed by atoms with Gasteiger partial charge in [0.15, 0.2) is 0 Å². The number of benzene rings is 1. The van der Waals surface area contributed by atoms with Crippen LogP contribution >= 0.6 is 11.3 Å². The van der Waals surface area contributed by atoms with Gasteiger partial charge in [-0.25, -0.2) is 0 Å². The largest absolute Gasteiger partial charge is 0.356 e. The summed E-state index contributed by atoms with van der Waals surface area (Å²) in [5, 5.41) is 6.94. The molecule has 5 heteroatoms. The summed E-state index contributed by atoms with van der Waals surface area (Å²) in [6.07, 6.45) is 2.32.